The molecule has 0 aliphatic heterocycles. The van der Waals surface area contributed by atoms with Gasteiger partial charge in [0.1, 0.15) is 0 Å². The van der Waals surface area contributed by atoms with Gasteiger partial charge >= 0.3 is 0 Å². The van der Waals surface area contributed by atoms with Gasteiger partial charge in [-0.1, -0.05) is 43.1 Å². The van der Waals surface area contributed by atoms with Gasteiger partial charge in [-0.15, -0.1) is 0 Å². The van der Waals surface area contributed by atoms with Crippen molar-refractivity contribution in [2.24, 2.45) is 17.3 Å². The highest BCUT2D eigenvalue weighted by Gasteiger charge is 2.52. The lowest BCUT2D eigenvalue weighted by Gasteiger charge is -2.20. The molecule has 0 bridgehead atoms. The molecule has 1 aliphatic rings. The Labute approximate surface area is 72.5 Å². The van der Waals surface area contributed by atoms with Crippen LogP contribution < -0.4 is 0 Å². The Bertz CT molecular complexity index is 118. The van der Waals surface area contributed by atoms with Gasteiger partial charge in [-0.05, 0) is 23.7 Å². The van der Waals surface area contributed by atoms with Crippen LogP contribution >= 0.6 is 15.9 Å². The zero-order chi connectivity index (χ0) is 7.78. The molecule has 0 aromatic carbocycles. The lowest BCUT2D eigenvalue weighted by Crippen LogP contribution is -2.15. The quantitative estimate of drug-likeness (QED) is 0.619. The van der Waals surface area contributed by atoms with Crippen LogP contribution in [0.3, 0.4) is 0 Å². The first-order valence-corrected chi connectivity index (χ1v) is 5.35. The third-order valence-corrected chi connectivity index (χ3v) is 4.39. The highest BCUT2D eigenvalue weighted by Crippen LogP contribution is 2.59. The fourth-order valence-corrected chi connectivity index (χ4v) is 3.26. The van der Waals surface area contributed by atoms with Crippen LogP contribution in [0, 0.1) is 17.3 Å². The molecule has 1 heteroatoms. The molecule has 1 saturated carbocycles. The zero-order valence-corrected chi connectivity index (χ0v) is 8.74. The highest BCUT2D eigenvalue weighted by atomic mass is 79.9. The molecular weight excluding hydrogens is 188 g/mol. The van der Waals surface area contributed by atoms with Crippen LogP contribution in [0.15, 0.2) is 0 Å². The summed E-state index contributed by atoms with van der Waals surface area (Å²) in [6.45, 7) is 7.04. The SMILES string of the molecule is CCC(C)C1(CBr)CC1C. The number of hydrogen-bond acceptors (Lipinski definition) is 0. The average Bonchev–Trinajstić information content (AvgIpc) is 2.61. The van der Waals surface area contributed by atoms with Gasteiger partial charge in [0.25, 0.3) is 0 Å². The van der Waals surface area contributed by atoms with Crippen molar-refractivity contribution < 1.29 is 0 Å². The molecule has 0 nitrogen and oxygen atoms in total. The van der Waals surface area contributed by atoms with Crippen LogP contribution in [0.4, 0.5) is 0 Å². The van der Waals surface area contributed by atoms with Crippen molar-refractivity contribution in [3.63, 3.8) is 0 Å². The van der Waals surface area contributed by atoms with Crippen LogP contribution in [0.25, 0.3) is 0 Å². The predicted molar refractivity (Wildman–Crippen MR) is 49.5 cm³/mol. The van der Waals surface area contributed by atoms with Crippen LogP contribution in [0.1, 0.15) is 33.6 Å². The van der Waals surface area contributed by atoms with Crippen LogP contribution in [0.2, 0.25) is 0 Å². The van der Waals surface area contributed by atoms with E-state index < -0.39 is 0 Å². The minimum atomic E-state index is 0.675. The first-order chi connectivity index (χ1) is 4.67. The maximum atomic E-state index is 3.62. The average molecular weight is 205 g/mol. The summed E-state index contributed by atoms with van der Waals surface area (Å²) in [5.74, 6) is 1.86. The van der Waals surface area contributed by atoms with E-state index >= 15 is 0 Å². The van der Waals surface area contributed by atoms with Crippen molar-refractivity contribution in [1.29, 1.82) is 0 Å². The van der Waals surface area contributed by atoms with Crippen molar-refractivity contribution in [2.75, 3.05) is 5.33 Å². The second-order valence-electron chi connectivity index (χ2n) is 3.78. The summed E-state index contributed by atoms with van der Waals surface area (Å²) in [6.07, 6.45) is 2.77. The Hall–Kier alpha value is 0.480. The second-order valence-corrected chi connectivity index (χ2v) is 4.34. The summed E-state index contributed by atoms with van der Waals surface area (Å²) in [6, 6.07) is 0. The summed E-state index contributed by atoms with van der Waals surface area (Å²) < 4.78 is 0. The lowest BCUT2D eigenvalue weighted by atomic mass is 9.88. The third kappa shape index (κ3) is 1.13. The number of alkyl halides is 1. The van der Waals surface area contributed by atoms with E-state index in [0.717, 1.165) is 11.8 Å². The Kier molecular flexibility index (Phi) is 2.44. The molecule has 0 spiro atoms. The predicted octanol–water partition coefficient (Wildman–Crippen LogP) is 3.45. The second kappa shape index (κ2) is 2.84. The monoisotopic (exact) mass is 204 g/mol. The molecule has 0 aromatic rings. The van der Waals surface area contributed by atoms with Crippen molar-refractivity contribution >= 4 is 15.9 Å². The van der Waals surface area contributed by atoms with Gasteiger partial charge in [-0.3, -0.25) is 0 Å². The summed E-state index contributed by atoms with van der Waals surface area (Å²) in [7, 11) is 0. The molecule has 0 heterocycles. The standard InChI is InChI=1S/C9H17Br/c1-4-7(2)9(6-10)5-8(9)3/h7-8H,4-6H2,1-3H3. The maximum absolute atomic E-state index is 3.62. The molecular formula is C9H17Br. The van der Waals surface area contributed by atoms with Gasteiger partial charge in [0, 0.05) is 5.33 Å². The third-order valence-electron chi connectivity index (χ3n) is 3.35. The highest BCUT2D eigenvalue weighted by molar-refractivity contribution is 9.09. The first-order valence-electron chi connectivity index (χ1n) is 4.23. The lowest BCUT2D eigenvalue weighted by molar-refractivity contribution is 0.337. The van der Waals surface area contributed by atoms with Crippen LogP contribution in [-0.4, -0.2) is 5.33 Å². The van der Waals surface area contributed by atoms with Gasteiger partial charge in [0.05, 0.1) is 0 Å². The van der Waals surface area contributed by atoms with E-state index in [1.54, 1.807) is 0 Å². The molecule has 3 atom stereocenters. The minimum Gasteiger partial charge on any atom is -0.0922 e. The van der Waals surface area contributed by atoms with E-state index in [-0.39, 0.29) is 0 Å². The zero-order valence-electron chi connectivity index (χ0n) is 7.15. The molecule has 0 saturated heterocycles. The van der Waals surface area contributed by atoms with Crippen molar-refractivity contribution in [3.8, 4) is 0 Å². The van der Waals surface area contributed by atoms with Crippen LogP contribution in [0.5, 0.6) is 0 Å². The van der Waals surface area contributed by atoms with Crippen molar-refractivity contribution in [2.45, 2.75) is 33.6 Å². The maximum Gasteiger partial charge on any atom is 0.00931 e. The van der Waals surface area contributed by atoms with E-state index in [1.807, 2.05) is 0 Å². The molecule has 60 valence electrons. The van der Waals surface area contributed by atoms with Gasteiger partial charge in [-0.2, -0.15) is 0 Å². The fourth-order valence-electron chi connectivity index (χ4n) is 1.92. The molecule has 0 radical (unpaired) electrons. The van der Waals surface area contributed by atoms with Crippen molar-refractivity contribution in [3.05, 3.63) is 0 Å². The first kappa shape index (κ1) is 8.58. The van der Waals surface area contributed by atoms with Crippen molar-refractivity contribution in [1.82, 2.24) is 0 Å². The summed E-state index contributed by atoms with van der Waals surface area (Å²) in [4.78, 5) is 0. The Morgan fingerprint density at radius 3 is 2.30 bits per heavy atom. The summed E-state index contributed by atoms with van der Waals surface area (Å²) in [5, 5.41) is 1.20. The summed E-state index contributed by atoms with van der Waals surface area (Å²) >= 11 is 3.62. The van der Waals surface area contributed by atoms with E-state index in [2.05, 4.69) is 36.7 Å². The normalized spacial score (nSPS) is 41.4. The molecule has 0 amide bonds. The Morgan fingerprint density at radius 2 is 2.20 bits per heavy atom. The van der Waals surface area contributed by atoms with Crippen LogP contribution in [-0.2, 0) is 0 Å². The molecule has 3 unspecified atom stereocenters. The molecule has 10 heavy (non-hydrogen) atoms. The molecule has 0 N–H and O–H groups in total. The Morgan fingerprint density at radius 1 is 1.70 bits per heavy atom. The fraction of sp³-hybridized carbons (Fsp3) is 1.00. The van der Waals surface area contributed by atoms with Gasteiger partial charge in [-0.25, -0.2) is 0 Å². The van der Waals surface area contributed by atoms with E-state index in [4.69, 9.17) is 0 Å². The molecule has 1 aliphatic carbocycles. The molecule has 1 rings (SSSR count). The Balaban J connectivity index is 2.51. The van der Waals surface area contributed by atoms with Gasteiger partial charge in [0.15, 0.2) is 0 Å². The minimum absolute atomic E-state index is 0.675. The number of halogens is 1. The van der Waals surface area contributed by atoms with Gasteiger partial charge < -0.3 is 0 Å². The van der Waals surface area contributed by atoms with E-state index in [9.17, 15) is 0 Å². The number of hydrogen-bond donors (Lipinski definition) is 0. The summed E-state index contributed by atoms with van der Waals surface area (Å²) in [5.41, 5.74) is 0.675. The van der Waals surface area contributed by atoms with E-state index in [1.165, 1.54) is 18.2 Å². The topological polar surface area (TPSA) is 0 Å². The smallest absolute Gasteiger partial charge is 0.00931 e. The number of rotatable bonds is 3. The molecule has 0 aromatic heterocycles. The van der Waals surface area contributed by atoms with E-state index in [0.29, 0.717) is 5.41 Å². The van der Waals surface area contributed by atoms with Gasteiger partial charge in [0.2, 0.25) is 0 Å². The molecule has 1 fully saturated rings. The largest absolute Gasteiger partial charge is 0.0922 e.